The molecule has 1 aromatic heterocycles. The minimum Gasteiger partial charge on any atom is -0.480 e. The lowest BCUT2D eigenvalue weighted by Crippen LogP contribution is -2.43. The van der Waals surface area contributed by atoms with Gasteiger partial charge >= 0.3 is 5.97 Å². The van der Waals surface area contributed by atoms with Crippen molar-refractivity contribution in [2.24, 2.45) is 5.92 Å². The van der Waals surface area contributed by atoms with E-state index in [1.54, 1.807) is 12.4 Å². The summed E-state index contributed by atoms with van der Waals surface area (Å²) in [7, 11) is 0. The molecule has 1 atom stereocenters. The number of hydrogen-bond donors (Lipinski definition) is 2. The van der Waals surface area contributed by atoms with Gasteiger partial charge in [-0.15, -0.1) is 11.8 Å². The monoisotopic (exact) mass is 266 g/mol. The number of carbonyl (C=O) groups is 2. The fourth-order valence-electron chi connectivity index (χ4n) is 1.61. The second kappa shape index (κ2) is 5.86. The molecular formula is C12H14N2O3S. The number of carbonyl (C=O) groups excluding carboxylic acids is 1. The zero-order valence-corrected chi connectivity index (χ0v) is 10.5. The molecule has 1 aliphatic rings. The maximum atomic E-state index is 11.7. The van der Waals surface area contributed by atoms with Crippen LogP contribution < -0.4 is 5.32 Å². The van der Waals surface area contributed by atoms with Gasteiger partial charge in [-0.05, 0) is 30.9 Å². The van der Waals surface area contributed by atoms with E-state index in [4.69, 9.17) is 5.11 Å². The summed E-state index contributed by atoms with van der Waals surface area (Å²) in [5.41, 5.74) is 0. The van der Waals surface area contributed by atoms with E-state index in [1.165, 1.54) is 11.8 Å². The van der Waals surface area contributed by atoms with Gasteiger partial charge in [0.1, 0.15) is 6.04 Å². The Hall–Kier alpha value is -1.56. The molecule has 0 saturated heterocycles. The van der Waals surface area contributed by atoms with Crippen LogP contribution in [0.1, 0.15) is 12.8 Å². The van der Waals surface area contributed by atoms with Gasteiger partial charge in [-0.3, -0.25) is 9.78 Å². The number of carboxylic acids is 1. The van der Waals surface area contributed by atoms with E-state index in [2.05, 4.69) is 10.3 Å². The number of hydrogen-bond acceptors (Lipinski definition) is 4. The van der Waals surface area contributed by atoms with Gasteiger partial charge in [-0.1, -0.05) is 0 Å². The molecular weight excluding hydrogens is 252 g/mol. The molecule has 1 aliphatic carbocycles. The predicted molar refractivity (Wildman–Crippen MR) is 67.3 cm³/mol. The van der Waals surface area contributed by atoms with Crippen molar-refractivity contribution in [2.75, 3.05) is 5.75 Å². The molecule has 1 heterocycles. The third-order valence-corrected chi connectivity index (χ3v) is 3.71. The van der Waals surface area contributed by atoms with Crippen molar-refractivity contribution in [3.8, 4) is 0 Å². The van der Waals surface area contributed by atoms with Crippen LogP contribution in [0.2, 0.25) is 0 Å². The van der Waals surface area contributed by atoms with E-state index in [0.29, 0.717) is 0 Å². The number of thioether (sulfide) groups is 1. The Morgan fingerprint density at radius 2 is 2.11 bits per heavy atom. The standard InChI is InChI=1S/C12H14N2O3S/c15-10(7-18-9-3-5-13-6-4-9)14-11(12(16)17)8-1-2-8/h3-6,8,11H,1-2,7H2,(H,14,15)(H,16,17). The molecule has 1 aromatic rings. The number of pyridine rings is 1. The van der Waals surface area contributed by atoms with Crippen LogP contribution >= 0.6 is 11.8 Å². The van der Waals surface area contributed by atoms with Crippen LogP contribution in [0.5, 0.6) is 0 Å². The van der Waals surface area contributed by atoms with E-state index in [-0.39, 0.29) is 17.6 Å². The zero-order valence-electron chi connectivity index (χ0n) is 9.70. The number of nitrogens with one attached hydrogen (secondary N) is 1. The lowest BCUT2D eigenvalue weighted by atomic mass is 10.2. The van der Waals surface area contributed by atoms with E-state index in [1.807, 2.05) is 12.1 Å². The molecule has 0 bridgehead atoms. The largest absolute Gasteiger partial charge is 0.480 e. The van der Waals surface area contributed by atoms with Crippen LogP contribution in [0, 0.1) is 5.92 Å². The second-order valence-electron chi connectivity index (χ2n) is 4.19. The summed E-state index contributed by atoms with van der Waals surface area (Å²) < 4.78 is 0. The van der Waals surface area contributed by atoms with Crippen molar-refractivity contribution in [1.82, 2.24) is 10.3 Å². The van der Waals surface area contributed by atoms with Gasteiger partial charge in [0.15, 0.2) is 0 Å². The average Bonchev–Trinajstić information content (AvgIpc) is 3.18. The zero-order chi connectivity index (χ0) is 13.0. The minimum absolute atomic E-state index is 0.109. The Kier molecular flexibility index (Phi) is 4.19. The summed E-state index contributed by atoms with van der Waals surface area (Å²) in [5.74, 6) is -0.853. The number of nitrogens with zero attached hydrogens (tertiary/aromatic N) is 1. The summed E-state index contributed by atoms with van der Waals surface area (Å²) >= 11 is 1.37. The Bertz CT molecular complexity index is 434. The first kappa shape index (κ1) is 12.9. The number of aliphatic carboxylic acids is 1. The normalized spacial score (nSPS) is 16.0. The molecule has 1 amide bonds. The van der Waals surface area contributed by atoms with Crippen LogP contribution in [-0.4, -0.2) is 33.8 Å². The Labute approximate surface area is 109 Å². The first-order valence-electron chi connectivity index (χ1n) is 5.72. The van der Waals surface area contributed by atoms with Crippen molar-refractivity contribution in [3.05, 3.63) is 24.5 Å². The molecule has 0 aromatic carbocycles. The third kappa shape index (κ3) is 3.73. The van der Waals surface area contributed by atoms with E-state index >= 15 is 0 Å². The van der Waals surface area contributed by atoms with E-state index < -0.39 is 12.0 Å². The van der Waals surface area contributed by atoms with Gasteiger partial charge in [0.25, 0.3) is 0 Å². The molecule has 1 fully saturated rings. The van der Waals surface area contributed by atoms with Gasteiger partial charge in [-0.2, -0.15) is 0 Å². The predicted octanol–water partition coefficient (Wildman–Crippen LogP) is 1.15. The topological polar surface area (TPSA) is 79.3 Å². The smallest absolute Gasteiger partial charge is 0.326 e. The molecule has 2 N–H and O–H groups in total. The first-order valence-corrected chi connectivity index (χ1v) is 6.70. The lowest BCUT2D eigenvalue weighted by Gasteiger charge is -2.13. The molecule has 96 valence electrons. The van der Waals surface area contributed by atoms with E-state index in [9.17, 15) is 9.59 Å². The van der Waals surface area contributed by atoms with Gasteiger partial charge in [0.05, 0.1) is 5.75 Å². The van der Waals surface area contributed by atoms with Crippen molar-refractivity contribution in [3.63, 3.8) is 0 Å². The van der Waals surface area contributed by atoms with Crippen LogP contribution in [0.3, 0.4) is 0 Å². The summed E-state index contributed by atoms with van der Waals surface area (Å²) in [5, 5.41) is 11.6. The van der Waals surface area contributed by atoms with Gasteiger partial charge in [0.2, 0.25) is 5.91 Å². The molecule has 0 aliphatic heterocycles. The third-order valence-electron chi connectivity index (χ3n) is 2.70. The highest BCUT2D eigenvalue weighted by molar-refractivity contribution is 8.00. The number of amides is 1. The van der Waals surface area contributed by atoms with Crippen LogP contribution in [0.25, 0.3) is 0 Å². The molecule has 5 nitrogen and oxygen atoms in total. The molecule has 1 unspecified atom stereocenters. The first-order chi connectivity index (χ1) is 8.66. The Morgan fingerprint density at radius 3 is 2.67 bits per heavy atom. The molecule has 0 spiro atoms. The summed E-state index contributed by atoms with van der Waals surface area (Å²) in [6.07, 6.45) is 5.08. The SMILES string of the molecule is O=C(CSc1ccncc1)NC(C(=O)O)C1CC1. The number of aromatic nitrogens is 1. The second-order valence-corrected chi connectivity index (χ2v) is 5.24. The summed E-state index contributed by atoms with van der Waals surface area (Å²) in [4.78, 5) is 27.4. The average molecular weight is 266 g/mol. The summed E-state index contributed by atoms with van der Waals surface area (Å²) in [6, 6.07) is 2.90. The maximum absolute atomic E-state index is 11.7. The fourth-order valence-corrected chi connectivity index (χ4v) is 2.30. The maximum Gasteiger partial charge on any atom is 0.326 e. The fraction of sp³-hybridized carbons (Fsp3) is 0.417. The van der Waals surface area contributed by atoms with Crippen molar-refractivity contribution in [1.29, 1.82) is 0 Å². The van der Waals surface area contributed by atoms with E-state index in [0.717, 1.165) is 17.7 Å². The lowest BCUT2D eigenvalue weighted by molar-refractivity contribution is -0.142. The molecule has 1 saturated carbocycles. The van der Waals surface area contributed by atoms with Gasteiger partial charge in [-0.25, -0.2) is 4.79 Å². The molecule has 0 radical (unpaired) electrons. The molecule has 2 rings (SSSR count). The Balaban J connectivity index is 1.79. The molecule has 18 heavy (non-hydrogen) atoms. The Morgan fingerprint density at radius 1 is 1.44 bits per heavy atom. The minimum atomic E-state index is -0.945. The van der Waals surface area contributed by atoms with Crippen LogP contribution in [-0.2, 0) is 9.59 Å². The van der Waals surface area contributed by atoms with Crippen molar-refractivity contribution in [2.45, 2.75) is 23.8 Å². The highest BCUT2D eigenvalue weighted by Gasteiger charge is 2.37. The quantitative estimate of drug-likeness (QED) is 0.755. The number of carboxylic acid groups (broad SMARTS) is 1. The van der Waals surface area contributed by atoms with Gasteiger partial charge in [0, 0.05) is 17.3 Å². The summed E-state index contributed by atoms with van der Waals surface area (Å²) in [6.45, 7) is 0. The van der Waals surface area contributed by atoms with Gasteiger partial charge < -0.3 is 10.4 Å². The van der Waals surface area contributed by atoms with Crippen LogP contribution in [0.4, 0.5) is 0 Å². The van der Waals surface area contributed by atoms with Crippen molar-refractivity contribution < 1.29 is 14.7 Å². The molecule has 6 heteroatoms. The highest BCUT2D eigenvalue weighted by atomic mass is 32.2. The number of rotatable bonds is 6. The van der Waals surface area contributed by atoms with Crippen molar-refractivity contribution >= 4 is 23.6 Å². The highest BCUT2D eigenvalue weighted by Crippen LogP contribution is 2.32. The van der Waals surface area contributed by atoms with Crippen LogP contribution in [0.15, 0.2) is 29.4 Å².